The van der Waals surface area contributed by atoms with Crippen molar-refractivity contribution in [2.45, 2.75) is 45.8 Å². The normalized spacial score (nSPS) is 12.2. The Morgan fingerprint density at radius 1 is 1.60 bits per heavy atom. The molecular formula is C13H21N3O4. The summed E-state index contributed by atoms with van der Waals surface area (Å²) < 4.78 is 1.60. The Morgan fingerprint density at radius 2 is 2.30 bits per heavy atom. The second-order valence-corrected chi connectivity index (χ2v) is 4.78. The molecule has 0 aliphatic heterocycles. The van der Waals surface area contributed by atoms with Gasteiger partial charge in [-0.1, -0.05) is 6.92 Å². The average molecular weight is 283 g/mol. The number of rotatable bonds is 8. The van der Waals surface area contributed by atoms with Crippen molar-refractivity contribution in [1.29, 1.82) is 0 Å². The van der Waals surface area contributed by atoms with E-state index in [0.717, 1.165) is 6.42 Å². The molecule has 7 heteroatoms. The van der Waals surface area contributed by atoms with Crippen molar-refractivity contribution < 1.29 is 14.8 Å². The molecule has 1 heterocycles. The van der Waals surface area contributed by atoms with Crippen LogP contribution in [0.25, 0.3) is 0 Å². The van der Waals surface area contributed by atoms with E-state index in [-0.39, 0.29) is 11.6 Å². The summed E-state index contributed by atoms with van der Waals surface area (Å²) in [6.45, 7) is 4.63. The maximum atomic E-state index is 12.0. The smallest absolute Gasteiger partial charge is 0.287 e. The number of carbonyl (C=O) groups excluding carboxylic acids is 1. The van der Waals surface area contributed by atoms with Crippen molar-refractivity contribution in [2.75, 3.05) is 6.54 Å². The van der Waals surface area contributed by atoms with Gasteiger partial charge in [0.2, 0.25) is 0 Å². The van der Waals surface area contributed by atoms with Crippen molar-refractivity contribution in [3.05, 3.63) is 28.1 Å². The van der Waals surface area contributed by atoms with E-state index in [1.54, 1.807) is 11.5 Å². The molecule has 0 fully saturated rings. The van der Waals surface area contributed by atoms with E-state index in [2.05, 4.69) is 5.32 Å². The van der Waals surface area contributed by atoms with Gasteiger partial charge in [-0.15, -0.1) is 0 Å². The molecule has 20 heavy (non-hydrogen) atoms. The largest absolute Gasteiger partial charge is 0.393 e. The number of carbonyl (C=O) groups is 1. The van der Waals surface area contributed by atoms with Gasteiger partial charge in [0.25, 0.3) is 11.6 Å². The van der Waals surface area contributed by atoms with Crippen LogP contribution in [0.2, 0.25) is 0 Å². The van der Waals surface area contributed by atoms with Crippen LogP contribution in [0.3, 0.4) is 0 Å². The number of hydrogen-bond donors (Lipinski definition) is 2. The molecule has 0 bridgehead atoms. The number of nitrogens with one attached hydrogen (secondary N) is 1. The lowest BCUT2D eigenvalue weighted by Gasteiger charge is -2.08. The molecule has 1 aromatic heterocycles. The average Bonchev–Trinajstić information content (AvgIpc) is 2.79. The molecule has 2 N–H and O–H groups in total. The Hall–Kier alpha value is -1.89. The molecule has 0 aromatic carbocycles. The fraction of sp³-hybridized carbons (Fsp3) is 0.615. The van der Waals surface area contributed by atoms with Crippen LogP contribution < -0.4 is 5.32 Å². The molecule has 1 aromatic rings. The molecule has 0 spiro atoms. The van der Waals surface area contributed by atoms with E-state index in [9.17, 15) is 14.9 Å². The minimum absolute atomic E-state index is 0.0763. The summed E-state index contributed by atoms with van der Waals surface area (Å²) in [5.41, 5.74) is 0.225. The molecule has 1 amide bonds. The fourth-order valence-corrected chi connectivity index (χ4v) is 1.90. The third-order valence-corrected chi connectivity index (χ3v) is 2.87. The van der Waals surface area contributed by atoms with Gasteiger partial charge >= 0.3 is 0 Å². The van der Waals surface area contributed by atoms with Gasteiger partial charge in [0.1, 0.15) is 5.69 Å². The van der Waals surface area contributed by atoms with Crippen molar-refractivity contribution >= 4 is 11.6 Å². The predicted molar refractivity (Wildman–Crippen MR) is 74.6 cm³/mol. The molecule has 1 rings (SSSR count). The highest BCUT2D eigenvalue weighted by molar-refractivity contribution is 5.93. The summed E-state index contributed by atoms with van der Waals surface area (Å²) in [5.74, 6) is -0.322. The van der Waals surface area contributed by atoms with Crippen LogP contribution in [0.1, 0.15) is 43.6 Å². The standard InChI is InChI=1S/C13H21N3O4/c1-3-7-15-9-11(16(19)20)8-12(15)13(18)14-6-4-5-10(2)17/h8-10,17H,3-7H2,1-2H3,(H,14,18). The molecule has 0 saturated carbocycles. The SMILES string of the molecule is CCCn1cc([N+](=O)[O-])cc1C(=O)NCCCC(C)O. The van der Waals surface area contributed by atoms with Crippen molar-refractivity contribution in [1.82, 2.24) is 9.88 Å². The molecule has 1 atom stereocenters. The highest BCUT2D eigenvalue weighted by Gasteiger charge is 2.18. The minimum atomic E-state index is -0.504. The Kier molecular flexibility index (Phi) is 6.17. The van der Waals surface area contributed by atoms with E-state index in [4.69, 9.17) is 5.11 Å². The fourth-order valence-electron chi connectivity index (χ4n) is 1.90. The van der Waals surface area contributed by atoms with Gasteiger partial charge in [-0.3, -0.25) is 14.9 Å². The zero-order valence-corrected chi connectivity index (χ0v) is 11.8. The number of aromatic nitrogens is 1. The molecule has 0 saturated heterocycles. The van der Waals surface area contributed by atoms with Gasteiger partial charge in [0.15, 0.2) is 0 Å². The predicted octanol–water partition coefficient (Wildman–Crippen LogP) is 1.70. The van der Waals surface area contributed by atoms with Crippen molar-refractivity contribution in [3.8, 4) is 0 Å². The molecule has 0 aliphatic rings. The van der Waals surface area contributed by atoms with E-state index in [0.29, 0.717) is 31.6 Å². The summed E-state index contributed by atoms with van der Waals surface area (Å²) in [6, 6.07) is 1.29. The van der Waals surface area contributed by atoms with Crippen molar-refractivity contribution in [3.63, 3.8) is 0 Å². The zero-order chi connectivity index (χ0) is 15.1. The Morgan fingerprint density at radius 3 is 2.85 bits per heavy atom. The number of aliphatic hydroxyl groups excluding tert-OH is 1. The molecule has 0 aliphatic carbocycles. The van der Waals surface area contributed by atoms with Gasteiger partial charge in [-0.25, -0.2) is 0 Å². The third-order valence-electron chi connectivity index (χ3n) is 2.87. The molecule has 1 unspecified atom stereocenters. The lowest BCUT2D eigenvalue weighted by Crippen LogP contribution is -2.27. The summed E-state index contributed by atoms with van der Waals surface area (Å²) >= 11 is 0. The summed E-state index contributed by atoms with van der Waals surface area (Å²) in [5, 5.41) is 22.6. The number of aryl methyl sites for hydroxylation is 1. The van der Waals surface area contributed by atoms with E-state index >= 15 is 0 Å². The first-order valence-corrected chi connectivity index (χ1v) is 6.76. The van der Waals surface area contributed by atoms with Gasteiger partial charge in [0, 0.05) is 19.2 Å². The highest BCUT2D eigenvalue weighted by atomic mass is 16.6. The second-order valence-electron chi connectivity index (χ2n) is 4.78. The maximum Gasteiger partial charge on any atom is 0.287 e. The number of hydrogen-bond acceptors (Lipinski definition) is 4. The van der Waals surface area contributed by atoms with Crippen LogP contribution in [0, 0.1) is 10.1 Å². The van der Waals surface area contributed by atoms with Gasteiger partial charge in [0.05, 0.1) is 17.2 Å². The highest BCUT2D eigenvalue weighted by Crippen LogP contribution is 2.17. The molecule has 7 nitrogen and oxygen atoms in total. The number of amides is 1. The van der Waals surface area contributed by atoms with Crippen LogP contribution in [0.4, 0.5) is 5.69 Å². The topological polar surface area (TPSA) is 97.4 Å². The zero-order valence-electron chi connectivity index (χ0n) is 11.8. The van der Waals surface area contributed by atoms with Gasteiger partial charge in [-0.05, 0) is 26.2 Å². The van der Waals surface area contributed by atoms with Crippen LogP contribution >= 0.6 is 0 Å². The molecule has 112 valence electrons. The lowest BCUT2D eigenvalue weighted by atomic mass is 10.2. The Labute approximate surface area is 117 Å². The minimum Gasteiger partial charge on any atom is -0.393 e. The van der Waals surface area contributed by atoms with Crippen LogP contribution in [0.15, 0.2) is 12.3 Å². The van der Waals surface area contributed by atoms with Gasteiger partial charge < -0.3 is 15.0 Å². The molecular weight excluding hydrogens is 262 g/mol. The first kappa shape index (κ1) is 16.2. The Balaban J connectivity index is 2.68. The van der Waals surface area contributed by atoms with Gasteiger partial charge in [-0.2, -0.15) is 0 Å². The Bertz CT molecular complexity index is 468. The third kappa shape index (κ3) is 4.65. The first-order chi connectivity index (χ1) is 9.45. The number of aliphatic hydroxyl groups is 1. The first-order valence-electron chi connectivity index (χ1n) is 6.76. The van der Waals surface area contributed by atoms with Crippen molar-refractivity contribution in [2.24, 2.45) is 0 Å². The quantitative estimate of drug-likeness (QED) is 0.431. The summed E-state index contributed by atoms with van der Waals surface area (Å²) in [4.78, 5) is 22.3. The monoisotopic (exact) mass is 283 g/mol. The van der Waals surface area contributed by atoms with Crippen LogP contribution in [-0.4, -0.2) is 33.2 Å². The summed E-state index contributed by atoms with van der Waals surface area (Å²) in [6.07, 6.45) is 3.05. The van der Waals surface area contributed by atoms with Crippen LogP contribution in [-0.2, 0) is 6.54 Å². The lowest BCUT2D eigenvalue weighted by molar-refractivity contribution is -0.384. The van der Waals surface area contributed by atoms with E-state index in [1.807, 2.05) is 6.92 Å². The number of nitro groups is 1. The second kappa shape index (κ2) is 7.64. The van der Waals surface area contributed by atoms with E-state index in [1.165, 1.54) is 12.3 Å². The van der Waals surface area contributed by atoms with E-state index < -0.39 is 11.0 Å². The maximum absolute atomic E-state index is 12.0. The number of nitrogens with zero attached hydrogens (tertiary/aromatic N) is 2. The summed E-state index contributed by atoms with van der Waals surface area (Å²) in [7, 11) is 0. The molecule has 0 radical (unpaired) electrons. The van der Waals surface area contributed by atoms with Crippen LogP contribution in [0.5, 0.6) is 0 Å².